The van der Waals surface area contributed by atoms with E-state index < -0.39 is 0 Å². The van der Waals surface area contributed by atoms with Crippen LogP contribution in [0.3, 0.4) is 0 Å². The maximum atomic E-state index is 4.79. The van der Waals surface area contributed by atoms with Crippen LogP contribution in [0.1, 0.15) is 0 Å². The van der Waals surface area contributed by atoms with Gasteiger partial charge in [-0.05, 0) is 24.3 Å². The van der Waals surface area contributed by atoms with Crippen LogP contribution in [0.15, 0.2) is 36.9 Å². The summed E-state index contributed by atoms with van der Waals surface area (Å²) in [7, 11) is 3.31. The van der Waals surface area contributed by atoms with E-state index in [4.69, 9.17) is 4.74 Å². The lowest BCUT2D eigenvalue weighted by Gasteiger charge is -2.01. The van der Waals surface area contributed by atoms with Crippen LogP contribution in [0, 0.1) is 7.11 Å². The maximum absolute atomic E-state index is 4.79. The molecule has 1 aromatic heterocycles. The van der Waals surface area contributed by atoms with Gasteiger partial charge >= 0.3 is 0 Å². The zero-order valence-corrected chi connectivity index (χ0v) is 6.92. The third-order valence-corrected chi connectivity index (χ3v) is 1.69. The second kappa shape index (κ2) is 3.26. The van der Waals surface area contributed by atoms with Crippen molar-refractivity contribution in [2.75, 3.05) is 0 Å². The Morgan fingerprint density at radius 1 is 1.23 bits per heavy atom. The molecule has 0 N–H and O–H groups in total. The van der Waals surface area contributed by atoms with Crippen molar-refractivity contribution in [1.82, 2.24) is 14.8 Å². The van der Waals surface area contributed by atoms with Crippen molar-refractivity contribution in [2.24, 2.45) is 0 Å². The molecule has 1 heterocycles. The Hall–Kier alpha value is -1.84. The predicted octanol–water partition coefficient (Wildman–Crippen LogP) is 1.44. The van der Waals surface area contributed by atoms with Gasteiger partial charge in [-0.15, -0.1) is 0 Å². The fourth-order valence-electron chi connectivity index (χ4n) is 1.04. The van der Waals surface area contributed by atoms with E-state index in [1.807, 2.05) is 24.3 Å². The molecule has 0 fully saturated rings. The van der Waals surface area contributed by atoms with E-state index in [0.29, 0.717) is 0 Å². The minimum absolute atomic E-state index is 0.726. The average Bonchev–Trinajstić information content (AvgIpc) is 2.71. The number of nitrogens with zero attached hydrogens (tertiary/aromatic N) is 3. The van der Waals surface area contributed by atoms with E-state index >= 15 is 0 Å². The van der Waals surface area contributed by atoms with Gasteiger partial charge in [-0.1, -0.05) is 0 Å². The Morgan fingerprint density at radius 3 is 2.54 bits per heavy atom. The third kappa shape index (κ3) is 1.51. The number of benzene rings is 1. The summed E-state index contributed by atoms with van der Waals surface area (Å²) in [5.74, 6) is 0.726. The van der Waals surface area contributed by atoms with Gasteiger partial charge in [0.1, 0.15) is 25.5 Å². The van der Waals surface area contributed by atoms with Crippen LogP contribution < -0.4 is 4.74 Å². The van der Waals surface area contributed by atoms with Crippen LogP contribution in [-0.4, -0.2) is 14.8 Å². The number of ether oxygens (including phenoxy) is 1. The first-order chi connectivity index (χ1) is 6.40. The van der Waals surface area contributed by atoms with Gasteiger partial charge < -0.3 is 4.74 Å². The van der Waals surface area contributed by atoms with Gasteiger partial charge in [0.05, 0.1) is 5.69 Å². The molecule has 0 amide bonds. The van der Waals surface area contributed by atoms with Gasteiger partial charge in [0, 0.05) is 0 Å². The first-order valence-electron chi connectivity index (χ1n) is 3.77. The number of rotatable bonds is 2. The van der Waals surface area contributed by atoms with Crippen molar-refractivity contribution < 1.29 is 4.74 Å². The molecule has 1 aromatic carbocycles. The van der Waals surface area contributed by atoms with E-state index in [-0.39, 0.29) is 0 Å². The van der Waals surface area contributed by atoms with Gasteiger partial charge in [0.25, 0.3) is 0 Å². The van der Waals surface area contributed by atoms with Crippen molar-refractivity contribution in [1.29, 1.82) is 0 Å². The highest BCUT2D eigenvalue weighted by atomic mass is 16.5. The van der Waals surface area contributed by atoms with Crippen LogP contribution >= 0.6 is 0 Å². The van der Waals surface area contributed by atoms with Crippen molar-refractivity contribution in [3.63, 3.8) is 0 Å². The number of hydrogen-bond acceptors (Lipinski definition) is 3. The van der Waals surface area contributed by atoms with Gasteiger partial charge in [-0.25, -0.2) is 9.67 Å². The Labute approximate surface area is 75.8 Å². The molecule has 0 aliphatic rings. The molecule has 0 aliphatic carbocycles. The highest BCUT2D eigenvalue weighted by Gasteiger charge is 1.96. The lowest BCUT2D eigenvalue weighted by Crippen LogP contribution is -1.93. The minimum Gasteiger partial charge on any atom is -0.490 e. The Bertz CT molecular complexity index is 366. The molecule has 1 radical (unpaired) electrons. The monoisotopic (exact) mass is 174 g/mol. The average molecular weight is 174 g/mol. The quantitative estimate of drug-likeness (QED) is 0.691. The molecule has 0 aliphatic heterocycles. The summed E-state index contributed by atoms with van der Waals surface area (Å²) in [5.41, 5.74) is 0.943. The Kier molecular flexibility index (Phi) is 1.96. The summed E-state index contributed by atoms with van der Waals surface area (Å²) < 4.78 is 6.46. The summed E-state index contributed by atoms with van der Waals surface area (Å²) in [6.45, 7) is 0. The molecule has 4 heteroatoms. The summed E-state index contributed by atoms with van der Waals surface area (Å²) in [6.07, 6.45) is 3.13. The fourth-order valence-corrected chi connectivity index (χ4v) is 1.04. The summed E-state index contributed by atoms with van der Waals surface area (Å²) in [5, 5.41) is 3.99. The van der Waals surface area contributed by atoms with Crippen LogP contribution in [0.4, 0.5) is 0 Å². The van der Waals surface area contributed by atoms with Crippen molar-refractivity contribution in [3.05, 3.63) is 44.0 Å². The van der Waals surface area contributed by atoms with Crippen molar-refractivity contribution in [2.45, 2.75) is 0 Å². The molecule has 2 aromatic rings. The lowest BCUT2D eigenvalue weighted by molar-refractivity contribution is 0.473. The molecular weight excluding hydrogens is 166 g/mol. The number of aromatic nitrogens is 3. The minimum atomic E-state index is 0.726. The van der Waals surface area contributed by atoms with Crippen LogP contribution in [0.25, 0.3) is 5.69 Å². The molecule has 4 nitrogen and oxygen atoms in total. The van der Waals surface area contributed by atoms with Crippen LogP contribution in [0.2, 0.25) is 0 Å². The van der Waals surface area contributed by atoms with Crippen molar-refractivity contribution in [3.8, 4) is 11.4 Å². The molecule has 65 valence electrons. The fraction of sp³-hybridized carbons (Fsp3) is 0. The molecule has 2 rings (SSSR count). The van der Waals surface area contributed by atoms with E-state index in [1.165, 1.54) is 6.33 Å². The van der Waals surface area contributed by atoms with Crippen LogP contribution in [0.5, 0.6) is 5.75 Å². The molecule has 0 spiro atoms. The molecule has 0 saturated carbocycles. The SMILES string of the molecule is [CH2]Oc1ccc(-n2cncn2)cc1. The van der Waals surface area contributed by atoms with E-state index in [9.17, 15) is 0 Å². The molecule has 13 heavy (non-hydrogen) atoms. The zero-order chi connectivity index (χ0) is 9.10. The predicted molar refractivity (Wildman–Crippen MR) is 47.3 cm³/mol. The van der Waals surface area contributed by atoms with E-state index in [2.05, 4.69) is 17.2 Å². The first-order valence-corrected chi connectivity index (χ1v) is 3.77. The van der Waals surface area contributed by atoms with E-state index in [1.54, 1.807) is 11.0 Å². The summed E-state index contributed by atoms with van der Waals surface area (Å²) in [4.78, 5) is 3.85. The molecule has 0 bridgehead atoms. The summed E-state index contributed by atoms with van der Waals surface area (Å²) in [6, 6.07) is 7.42. The topological polar surface area (TPSA) is 39.9 Å². The second-order valence-corrected chi connectivity index (χ2v) is 2.48. The first kappa shape index (κ1) is 7.79. The lowest BCUT2D eigenvalue weighted by atomic mass is 10.3. The van der Waals surface area contributed by atoms with Gasteiger partial charge in [0.2, 0.25) is 0 Å². The maximum Gasteiger partial charge on any atom is 0.138 e. The normalized spacial score (nSPS) is 9.92. The molecule has 0 unspecified atom stereocenters. The summed E-state index contributed by atoms with van der Waals surface area (Å²) >= 11 is 0. The molecule has 0 saturated heterocycles. The second-order valence-electron chi connectivity index (χ2n) is 2.48. The largest absolute Gasteiger partial charge is 0.490 e. The van der Waals surface area contributed by atoms with Gasteiger partial charge in [-0.2, -0.15) is 5.10 Å². The third-order valence-electron chi connectivity index (χ3n) is 1.69. The van der Waals surface area contributed by atoms with Crippen molar-refractivity contribution >= 4 is 0 Å². The van der Waals surface area contributed by atoms with E-state index in [0.717, 1.165) is 11.4 Å². The Morgan fingerprint density at radius 2 is 2.00 bits per heavy atom. The highest BCUT2D eigenvalue weighted by molar-refractivity contribution is 5.36. The standard InChI is InChI=1S/C9H8N3O/c1-13-9-4-2-8(3-5-9)12-7-10-6-11-12/h2-7H,1H2. The zero-order valence-electron chi connectivity index (χ0n) is 6.92. The Balaban J connectivity index is 2.33. The smallest absolute Gasteiger partial charge is 0.138 e. The van der Waals surface area contributed by atoms with Crippen LogP contribution in [-0.2, 0) is 0 Å². The molecular formula is C9H8N3O. The molecule has 0 atom stereocenters. The van der Waals surface area contributed by atoms with Gasteiger partial charge in [0.15, 0.2) is 0 Å². The number of hydrogen-bond donors (Lipinski definition) is 0. The highest BCUT2D eigenvalue weighted by Crippen LogP contribution is 2.13. The van der Waals surface area contributed by atoms with Gasteiger partial charge in [-0.3, -0.25) is 0 Å².